The number of urea groups is 1. The Hall–Kier alpha value is -4.46. The van der Waals surface area contributed by atoms with Crippen LogP contribution in [-0.4, -0.2) is 26.7 Å². The van der Waals surface area contributed by atoms with E-state index in [1.807, 2.05) is 36.4 Å². The van der Waals surface area contributed by atoms with Gasteiger partial charge in [-0.3, -0.25) is 4.79 Å². The van der Waals surface area contributed by atoms with Gasteiger partial charge in [-0.05, 0) is 48.5 Å². The van der Waals surface area contributed by atoms with Gasteiger partial charge in [0.2, 0.25) is 0 Å². The molecule has 2 aromatic carbocycles. The summed E-state index contributed by atoms with van der Waals surface area (Å²) in [5, 5.41) is 12.6. The standard InChI is InChI=1S/C23H20N6O2/c30-22(25-16-18-6-4-13-24-21(18)29-15-5-14-26-29)17-9-11-20(12-10-17)28-23(31)27-19-7-2-1-3-8-19/h1-15H,16H2,(H,25,30)(H2,27,28,31). The normalized spacial score (nSPS) is 10.3. The average molecular weight is 412 g/mol. The maximum absolute atomic E-state index is 12.5. The predicted molar refractivity (Wildman–Crippen MR) is 118 cm³/mol. The molecule has 154 valence electrons. The number of nitrogens with one attached hydrogen (secondary N) is 3. The van der Waals surface area contributed by atoms with Gasteiger partial charge in [-0.1, -0.05) is 24.3 Å². The Morgan fingerprint density at radius 2 is 1.55 bits per heavy atom. The molecule has 2 aromatic heterocycles. The van der Waals surface area contributed by atoms with Crippen LogP contribution >= 0.6 is 0 Å². The second-order valence-electron chi connectivity index (χ2n) is 6.64. The summed E-state index contributed by atoms with van der Waals surface area (Å²) < 4.78 is 1.66. The maximum atomic E-state index is 12.5. The van der Waals surface area contributed by atoms with Gasteiger partial charge in [-0.15, -0.1) is 0 Å². The van der Waals surface area contributed by atoms with Crippen LogP contribution in [-0.2, 0) is 6.54 Å². The minimum Gasteiger partial charge on any atom is -0.348 e. The number of hydrogen-bond acceptors (Lipinski definition) is 4. The highest BCUT2D eigenvalue weighted by Gasteiger charge is 2.10. The molecule has 8 heteroatoms. The Morgan fingerprint density at radius 1 is 0.806 bits per heavy atom. The lowest BCUT2D eigenvalue weighted by atomic mass is 10.2. The third-order valence-electron chi connectivity index (χ3n) is 4.46. The van der Waals surface area contributed by atoms with Gasteiger partial charge in [0.25, 0.3) is 5.91 Å². The summed E-state index contributed by atoms with van der Waals surface area (Å²) in [5.41, 5.74) is 2.60. The Labute approximate surface area is 178 Å². The fourth-order valence-electron chi connectivity index (χ4n) is 2.97. The third kappa shape index (κ3) is 5.13. The predicted octanol–water partition coefficient (Wildman–Crippen LogP) is 3.84. The van der Waals surface area contributed by atoms with E-state index in [4.69, 9.17) is 0 Å². The van der Waals surface area contributed by atoms with E-state index in [0.29, 0.717) is 29.3 Å². The van der Waals surface area contributed by atoms with Gasteiger partial charge in [0.15, 0.2) is 5.82 Å². The van der Waals surface area contributed by atoms with Gasteiger partial charge in [0.1, 0.15) is 0 Å². The van der Waals surface area contributed by atoms with Crippen molar-refractivity contribution in [3.8, 4) is 5.82 Å². The molecule has 4 rings (SSSR count). The monoisotopic (exact) mass is 412 g/mol. The summed E-state index contributed by atoms with van der Waals surface area (Å²) in [4.78, 5) is 29.0. The van der Waals surface area contributed by atoms with E-state index in [1.165, 1.54) is 0 Å². The fraction of sp³-hybridized carbons (Fsp3) is 0.0435. The lowest BCUT2D eigenvalue weighted by molar-refractivity contribution is 0.0951. The zero-order chi connectivity index (χ0) is 21.5. The van der Waals surface area contributed by atoms with Crippen molar-refractivity contribution in [3.63, 3.8) is 0 Å². The summed E-state index contributed by atoms with van der Waals surface area (Å²) in [6.45, 7) is 0.307. The molecule has 8 nitrogen and oxygen atoms in total. The van der Waals surface area contributed by atoms with Crippen LogP contribution in [0.1, 0.15) is 15.9 Å². The van der Waals surface area contributed by atoms with Crippen molar-refractivity contribution < 1.29 is 9.59 Å². The first-order valence-corrected chi connectivity index (χ1v) is 9.64. The number of hydrogen-bond donors (Lipinski definition) is 3. The number of aromatic nitrogens is 3. The van der Waals surface area contributed by atoms with Crippen molar-refractivity contribution in [1.82, 2.24) is 20.1 Å². The van der Waals surface area contributed by atoms with Crippen LogP contribution in [0.3, 0.4) is 0 Å². The lowest BCUT2D eigenvalue weighted by Crippen LogP contribution is -2.24. The molecular formula is C23H20N6O2. The highest BCUT2D eigenvalue weighted by molar-refractivity contribution is 6.00. The largest absolute Gasteiger partial charge is 0.348 e. The van der Waals surface area contributed by atoms with E-state index in [1.54, 1.807) is 59.7 Å². The van der Waals surface area contributed by atoms with Crippen LogP contribution in [0.15, 0.2) is 91.4 Å². The molecule has 0 aliphatic heterocycles. The van der Waals surface area contributed by atoms with Crippen LogP contribution in [0.2, 0.25) is 0 Å². The molecule has 31 heavy (non-hydrogen) atoms. The van der Waals surface area contributed by atoms with Crippen LogP contribution in [0.25, 0.3) is 5.82 Å². The van der Waals surface area contributed by atoms with Crippen molar-refractivity contribution in [2.75, 3.05) is 10.6 Å². The number of benzene rings is 2. The molecule has 0 aliphatic carbocycles. The van der Waals surface area contributed by atoms with Crippen LogP contribution < -0.4 is 16.0 Å². The molecule has 0 fully saturated rings. The molecule has 0 spiro atoms. The first-order chi connectivity index (χ1) is 15.2. The van der Waals surface area contributed by atoms with E-state index in [2.05, 4.69) is 26.0 Å². The van der Waals surface area contributed by atoms with E-state index < -0.39 is 0 Å². The highest BCUT2D eigenvalue weighted by atomic mass is 16.2. The molecule has 0 saturated heterocycles. The zero-order valence-electron chi connectivity index (χ0n) is 16.5. The summed E-state index contributed by atoms with van der Waals surface area (Å²) in [5.74, 6) is 0.437. The van der Waals surface area contributed by atoms with Crippen molar-refractivity contribution in [3.05, 3.63) is 103 Å². The van der Waals surface area contributed by atoms with Gasteiger partial charge < -0.3 is 16.0 Å². The highest BCUT2D eigenvalue weighted by Crippen LogP contribution is 2.13. The fourth-order valence-corrected chi connectivity index (χ4v) is 2.97. The maximum Gasteiger partial charge on any atom is 0.323 e. The van der Waals surface area contributed by atoms with Gasteiger partial charge in [-0.2, -0.15) is 5.10 Å². The van der Waals surface area contributed by atoms with Gasteiger partial charge in [0, 0.05) is 47.6 Å². The molecule has 3 amide bonds. The first-order valence-electron chi connectivity index (χ1n) is 9.64. The van der Waals surface area contributed by atoms with Crippen LogP contribution in [0.4, 0.5) is 16.2 Å². The Bertz CT molecular complexity index is 1160. The molecule has 0 unspecified atom stereocenters. The molecule has 4 aromatic rings. The lowest BCUT2D eigenvalue weighted by Gasteiger charge is -2.10. The number of pyridine rings is 1. The smallest absolute Gasteiger partial charge is 0.323 e. The summed E-state index contributed by atoms with van der Waals surface area (Å²) in [6.07, 6.45) is 5.15. The van der Waals surface area contributed by atoms with Crippen molar-refractivity contribution in [2.24, 2.45) is 0 Å². The number of anilines is 2. The number of carbonyl (C=O) groups excluding carboxylic acids is 2. The molecule has 3 N–H and O–H groups in total. The topological polar surface area (TPSA) is 101 Å². The summed E-state index contributed by atoms with van der Waals surface area (Å²) in [7, 11) is 0. The molecular weight excluding hydrogens is 392 g/mol. The second kappa shape index (κ2) is 9.36. The number of rotatable bonds is 6. The van der Waals surface area contributed by atoms with Crippen LogP contribution in [0.5, 0.6) is 0 Å². The average Bonchev–Trinajstić information content (AvgIpc) is 3.33. The Balaban J connectivity index is 1.34. The van der Waals surface area contributed by atoms with E-state index in [-0.39, 0.29) is 11.9 Å². The van der Waals surface area contributed by atoms with Gasteiger partial charge >= 0.3 is 6.03 Å². The Morgan fingerprint density at radius 3 is 2.26 bits per heavy atom. The van der Waals surface area contributed by atoms with Crippen molar-refractivity contribution in [1.29, 1.82) is 0 Å². The summed E-state index contributed by atoms with van der Waals surface area (Å²) in [6, 6.07) is 21.0. The third-order valence-corrected chi connectivity index (χ3v) is 4.46. The number of carbonyl (C=O) groups is 2. The molecule has 0 aliphatic rings. The zero-order valence-corrected chi connectivity index (χ0v) is 16.5. The number of para-hydroxylation sites is 1. The SMILES string of the molecule is O=C(Nc1ccccc1)Nc1ccc(C(=O)NCc2cccnc2-n2cccn2)cc1. The molecule has 0 radical (unpaired) electrons. The molecule has 0 saturated carbocycles. The van der Waals surface area contributed by atoms with E-state index in [0.717, 1.165) is 5.56 Å². The second-order valence-corrected chi connectivity index (χ2v) is 6.64. The van der Waals surface area contributed by atoms with E-state index >= 15 is 0 Å². The van der Waals surface area contributed by atoms with Crippen molar-refractivity contribution in [2.45, 2.75) is 6.54 Å². The van der Waals surface area contributed by atoms with Gasteiger partial charge in [0.05, 0.1) is 0 Å². The van der Waals surface area contributed by atoms with Crippen molar-refractivity contribution >= 4 is 23.3 Å². The van der Waals surface area contributed by atoms with Gasteiger partial charge in [-0.25, -0.2) is 14.5 Å². The minimum atomic E-state index is -0.355. The Kier molecular flexibility index (Phi) is 5.99. The molecule has 0 bridgehead atoms. The summed E-state index contributed by atoms with van der Waals surface area (Å²) >= 11 is 0. The van der Waals surface area contributed by atoms with Crippen LogP contribution in [0, 0.1) is 0 Å². The molecule has 2 heterocycles. The minimum absolute atomic E-state index is 0.226. The first kappa shape index (κ1) is 19.8. The number of amides is 3. The number of nitrogens with zero attached hydrogens (tertiary/aromatic N) is 3. The van der Waals surface area contributed by atoms with E-state index in [9.17, 15) is 9.59 Å². The quantitative estimate of drug-likeness (QED) is 0.448. The molecule has 0 atom stereocenters.